The zero-order valence-corrected chi connectivity index (χ0v) is 22.0. The maximum Gasteiger partial charge on any atom is 0.272 e. The molecule has 2 fully saturated rings. The number of aromatic nitrogens is 1. The summed E-state index contributed by atoms with van der Waals surface area (Å²) >= 11 is 6.56. The highest BCUT2D eigenvalue weighted by Crippen LogP contribution is 2.48. The molecule has 196 valence electrons. The Kier molecular flexibility index (Phi) is 5.98. The molecule has 0 saturated heterocycles. The summed E-state index contributed by atoms with van der Waals surface area (Å²) < 4.78 is 1.90. The number of hydrazone groups is 1. The zero-order chi connectivity index (χ0) is 26.5. The summed E-state index contributed by atoms with van der Waals surface area (Å²) in [6.07, 6.45) is 6.03. The number of hydrogen-bond donors (Lipinski definition) is 3. The summed E-state index contributed by atoms with van der Waals surface area (Å²) in [5.41, 5.74) is 9.42. The minimum atomic E-state index is -0.308. The van der Waals surface area contributed by atoms with Crippen LogP contribution in [0.4, 0.5) is 5.69 Å². The molecule has 8 heteroatoms. The highest BCUT2D eigenvalue weighted by Gasteiger charge is 2.44. The standard InChI is InChI=1S/C31H28ClN5O2/c32-37(22-10-5-11-22)17-18-6-4-9-20(12-18)29-26-16-33-36-31(39)25-13-21(14-27(35-29)28(25)26)34-30(38)24-15-23(24)19-7-2-1-3-8-19/h1-4,6-9,12-14,16,22-24,35H,5,10-11,15,17H2,(H,34,38)(H,36,39)/t23-,24+/m0/s1. The number of aromatic amines is 1. The highest BCUT2D eigenvalue weighted by atomic mass is 35.5. The van der Waals surface area contributed by atoms with Gasteiger partial charge in [-0.2, -0.15) is 5.10 Å². The molecule has 0 spiro atoms. The second-order valence-electron chi connectivity index (χ2n) is 10.8. The van der Waals surface area contributed by atoms with Gasteiger partial charge in [0.1, 0.15) is 0 Å². The molecule has 0 radical (unpaired) electrons. The Hall–Kier alpha value is -3.94. The van der Waals surface area contributed by atoms with Crippen LogP contribution < -0.4 is 10.7 Å². The predicted octanol–water partition coefficient (Wildman–Crippen LogP) is 6.16. The minimum Gasteiger partial charge on any atom is -0.354 e. The molecule has 3 aromatic carbocycles. The lowest BCUT2D eigenvalue weighted by molar-refractivity contribution is -0.117. The molecule has 2 saturated carbocycles. The van der Waals surface area contributed by atoms with Gasteiger partial charge in [-0.25, -0.2) is 9.84 Å². The third-order valence-corrected chi connectivity index (χ3v) is 8.58. The van der Waals surface area contributed by atoms with Gasteiger partial charge in [0, 0.05) is 40.7 Å². The zero-order valence-electron chi connectivity index (χ0n) is 21.3. The average Bonchev–Trinajstić information content (AvgIpc) is 3.65. The molecule has 7 rings (SSSR count). The van der Waals surface area contributed by atoms with E-state index < -0.39 is 0 Å². The smallest absolute Gasteiger partial charge is 0.272 e. The third-order valence-electron chi connectivity index (χ3n) is 8.18. The van der Waals surface area contributed by atoms with E-state index in [4.69, 9.17) is 11.8 Å². The largest absolute Gasteiger partial charge is 0.354 e. The molecule has 2 atom stereocenters. The van der Waals surface area contributed by atoms with E-state index in [1.54, 1.807) is 12.3 Å². The monoisotopic (exact) mass is 537 g/mol. The predicted molar refractivity (Wildman–Crippen MR) is 154 cm³/mol. The molecule has 0 unspecified atom stereocenters. The van der Waals surface area contributed by atoms with E-state index in [2.05, 4.69) is 45.1 Å². The molecular formula is C31H28ClN5O2. The van der Waals surface area contributed by atoms with E-state index in [1.165, 1.54) is 12.0 Å². The van der Waals surface area contributed by atoms with Crippen LogP contribution in [0.2, 0.25) is 0 Å². The van der Waals surface area contributed by atoms with Crippen LogP contribution in [0.1, 0.15) is 58.6 Å². The van der Waals surface area contributed by atoms with Crippen LogP contribution in [0.25, 0.3) is 22.2 Å². The molecular weight excluding hydrogens is 510 g/mol. The number of carbonyl (C=O) groups excluding carboxylic acids is 2. The first-order valence-corrected chi connectivity index (χ1v) is 13.8. The summed E-state index contributed by atoms with van der Waals surface area (Å²) in [6.45, 7) is 0.663. The van der Waals surface area contributed by atoms with Crippen LogP contribution in [0, 0.1) is 5.92 Å². The normalized spacial score (nSPS) is 20.0. The molecule has 7 nitrogen and oxygen atoms in total. The lowest BCUT2D eigenvalue weighted by Gasteiger charge is -2.32. The Balaban J connectivity index is 1.20. The molecule has 1 aliphatic heterocycles. The summed E-state index contributed by atoms with van der Waals surface area (Å²) in [5.74, 6) is -0.176. The van der Waals surface area contributed by atoms with Gasteiger partial charge in [-0.15, -0.1) is 0 Å². The van der Waals surface area contributed by atoms with E-state index in [1.807, 2.05) is 40.8 Å². The van der Waals surface area contributed by atoms with Gasteiger partial charge in [0.05, 0.1) is 17.5 Å². The van der Waals surface area contributed by atoms with Gasteiger partial charge in [-0.1, -0.05) is 55.0 Å². The summed E-state index contributed by atoms with van der Waals surface area (Å²) in [5, 5.41) is 8.02. The van der Waals surface area contributed by atoms with Crippen molar-refractivity contribution in [2.75, 3.05) is 5.32 Å². The van der Waals surface area contributed by atoms with Crippen LogP contribution >= 0.6 is 11.8 Å². The van der Waals surface area contributed by atoms with E-state index in [0.717, 1.165) is 52.5 Å². The fourth-order valence-corrected chi connectivity index (χ4v) is 6.10. The van der Waals surface area contributed by atoms with Crippen molar-refractivity contribution in [3.05, 3.63) is 89.0 Å². The van der Waals surface area contributed by atoms with Gasteiger partial charge < -0.3 is 10.3 Å². The number of anilines is 1. The highest BCUT2D eigenvalue weighted by molar-refractivity contribution is 6.18. The number of nitrogens with zero attached hydrogens (tertiary/aromatic N) is 2. The van der Waals surface area contributed by atoms with Crippen LogP contribution in [0.15, 0.2) is 71.8 Å². The van der Waals surface area contributed by atoms with Crippen LogP contribution in [-0.2, 0) is 11.3 Å². The molecule has 4 aromatic rings. The van der Waals surface area contributed by atoms with Gasteiger partial charge >= 0.3 is 0 Å². The van der Waals surface area contributed by atoms with E-state index in [0.29, 0.717) is 23.8 Å². The molecule has 2 amide bonds. The van der Waals surface area contributed by atoms with Crippen molar-refractivity contribution in [3.8, 4) is 11.3 Å². The number of rotatable bonds is 7. The first kappa shape index (κ1) is 24.1. The number of halogens is 1. The van der Waals surface area contributed by atoms with Gasteiger partial charge in [0.15, 0.2) is 0 Å². The van der Waals surface area contributed by atoms with Crippen molar-refractivity contribution in [2.45, 2.75) is 44.2 Å². The molecule has 2 aliphatic carbocycles. The average molecular weight is 538 g/mol. The van der Waals surface area contributed by atoms with Crippen molar-refractivity contribution in [3.63, 3.8) is 0 Å². The van der Waals surface area contributed by atoms with E-state index in [-0.39, 0.29) is 23.7 Å². The number of nitrogens with one attached hydrogen (secondary N) is 3. The number of benzene rings is 3. The summed E-state index contributed by atoms with van der Waals surface area (Å²) in [4.78, 5) is 29.6. The van der Waals surface area contributed by atoms with Crippen LogP contribution in [0.3, 0.4) is 0 Å². The van der Waals surface area contributed by atoms with E-state index >= 15 is 0 Å². The van der Waals surface area contributed by atoms with Crippen molar-refractivity contribution in [1.82, 2.24) is 14.8 Å². The lowest BCUT2D eigenvalue weighted by atomic mass is 9.93. The number of H-pyrrole nitrogens is 1. The summed E-state index contributed by atoms with van der Waals surface area (Å²) in [7, 11) is 0. The fourth-order valence-electron chi connectivity index (χ4n) is 5.77. The quantitative estimate of drug-likeness (QED) is 0.246. The molecule has 2 heterocycles. The second-order valence-corrected chi connectivity index (χ2v) is 11.2. The maximum atomic E-state index is 13.1. The van der Waals surface area contributed by atoms with Crippen molar-refractivity contribution >= 4 is 46.4 Å². The molecule has 1 aromatic heterocycles. The Bertz CT molecular complexity index is 1630. The van der Waals surface area contributed by atoms with Crippen molar-refractivity contribution in [1.29, 1.82) is 0 Å². The molecule has 0 bridgehead atoms. The fraction of sp³-hybridized carbons (Fsp3) is 0.258. The molecule has 3 aliphatic rings. The van der Waals surface area contributed by atoms with Crippen molar-refractivity contribution < 1.29 is 9.59 Å². The Morgan fingerprint density at radius 3 is 2.72 bits per heavy atom. The molecule has 39 heavy (non-hydrogen) atoms. The first-order chi connectivity index (χ1) is 19.0. The van der Waals surface area contributed by atoms with Crippen molar-refractivity contribution in [2.24, 2.45) is 11.0 Å². The lowest BCUT2D eigenvalue weighted by Crippen LogP contribution is -2.32. The number of amides is 2. The first-order valence-electron chi connectivity index (χ1n) is 13.5. The van der Waals surface area contributed by atoms with E-state index in [9.17, 15) is 9.59 Å². The Morgan fingerprint density at radius 1 is 1.08 bits per heavy atom. The molecule has 3 N–H and O–H groups in total. The van der Waals surface area contributed by atoms with Gasteiger partial charge in [-0.05, 0) is 71.8 Å². The summed E-state index contributed by atoms with van der Waals surface area (Å²) in [6, 6.07) is 22.5. The Labute approximate surface area is 231 Å². The SMILES string of the molecule is O=C1NN=Cc2c(-c3cccc(CN(Cl)C4CCC4)c3)[nH]c3cc(NC(=O)[C@@H]4C[C@H]4c4ccccc4)cc1c23. The Morgan fingerprint density at radius 2 is 1.92 bits per heavy atom. The maximum absolute atomic E-state index is 13.1. The minimum absolute atomic E-state index is 0.0301. The van der Waals surface area contributed by atoms with Crippen LogP contribution in [-0.4, -0.2) is 33.5 Å². The second kappa shape index (κ2) is 9.67. The third kappa shape index (κ3) is 4.51. The van der Waals surface area contributed by atoms with Gasteiger partial charge in [-0.3, -0.25) is 9.59 Å². The van der Waals surface area contributed by atoms with Crippen LogP contribution in [0.5, 0.6) is 0 Å². The van der Waals surface area contributed by atoms with Gasteiger partial charge in [0.2, 0.25) is 5.91 Å². The number of carbonyl (C=O) groups is 2. The van der Waals surface area contributed by atoms with Gasteiger partial charge in [0.25, 0.3) is 5.91 Å². The topological polar surface area (TPSA) is 89.6 Å². The number of hydrogen-bond acceptors (Lipinski definition) is 4.